The fraction of sp³-hybridized carbons (Fsp3) is 0.556. The van der Waals surface area contributed by atoms with Crippen molar-refractivity contribution in [1.29, 1.82) is 0 Å². The molecule has 2 saturated heterocycles. The number of ether oxygens (including phenoxy) is 1. The Kier molecular flexibility index (Phi) is 6.46. The van der Waals surface area contributed by atoms with Crippen LogP contribution in [0.25, 0.3) is 0 Å². The molecule has 2 heterocycles. The van der Waals surface area contributed by atoms with Gasteiger partial charge in [0.2, 0.25) is 15.9 Å². The van der Waals surface area contributed by atoms with Crippen molar-refractivity contribution in [2.75, 3.05) is 45.9 Å². The second-order valence-electron chi connectivity index (χ2n) is 6.66. The summed E-state index contributed by atoms with van der Waals surface area (Å²) in [6.07, 6.45) is 2.79. The highest BCUT2D eigenvalue weighted by Gasteiger charge is 2.26. The third-order valence-electron chi connectivity index (χ3n) is 4.83. The Morgan fingerprint density at radius 1 is 0.963 bits per heavy atom. The SMILES string of the molecule is O=C(NCC(=O)N1CCOCC1)c1ccc(S(=O)(=O)N2CCCCC2)cc1. The predicted octanol–water partition coefficient (Wildman–Crippen LogP) is 0.450. The van der Waals surface area contributed by atoms with Gasteiger partial charge in [0.15, 0.2) is 0 Å². The molecule has 8 nitrogen and oxygen atoms in total. The molecule has 3 rings (SSSR count). The number of nitrogens with zero attached hydrogens (tertiary/aromatic N) is 2. The lowest BCUT2D eigenvalue weighted by Gasteiger charge is -2.26. The van der Waals surface area contributed by atoms with E-state index in [1.807, 2.05) is 0 Å². The third-order valence-corrected chi connectivity index (χ3v) is 6.75. The molecule has 148 valence electrons. The number of nitrogens with one attached hydrogen (secondary N) is 1. The second kappa shape index (κ2) is 8.81. The molecule has 2 aliphatic heterocycles. The van der Waals surface area contributed by atoms with Crippen molar-refractivity contribution >= 4 is 21.8 Å². The van der Waals surface area contributed by atoms with Crippen LogP contribution in [0, 0.1) is 0 Å². The summed E-state index contributed by atoms with van der Waals surface area (Å²) in [5, 5.41) is 2.59. The maximum atomic E-state index is 12.6. The van der Waals surface area contributed by atoms with Crippen LogP contribution in [0.3, 0.4) is 0 Å². The largest absolute Gasteiger partial charge is 0.378 e. The number of carbonyl (C=O) groups is 2. The van der Waals surface area contributed by atoms with Gasteiger partial charge in [-0.1, -0.05) is 6.42 Å². The van der Waals surface area contributed by atoms with Gasteiger partial charge in [-0.05, 0) is 37.1 Å². The summed E-state index contributed by atoms with van der Waals surface area (Å²) >= 11 is 0. The van der Waals surface area contributed by atoms with Gasteiger partial charge in [-0.25, -0.2) is 8.42 Å². The molecule has 1 aromatic rings. The number of hydrogen-bond acceptors (Lipinski definition) is 5. The quantitative estimate of drug-likeness (QED) is 0.781. The lowest BCUT2D eigenvalue weighted by atomic mass is 10.2. The molecular weight excluding hydrogens is 370 g/mol. The zero-order valence-electron chi connectivity index (χ0n) is 15.2. The van der Waals surface area contributed by atoms with Crippen molar-refractivity contribution in [3.05, 3.63) is 29.8 Å². The summed E-state index contributed by atoms with van der Waals surface area (Å²) in [5.41, 5.74) is 0.322. The summed E-state index contributed by atoms with van der Waals surface area (Å²) in [5.74, 6) is -0.561. The summed E-state index contributed by atoms with van der Waals surface area (Å²) < 4.78 is 31.9. The molecular formula is C18H25N3O5S. The van der Waals surface area contributed by atoms with Gasteiger partial charge in [0.05, 0.1) is 24.7 Å². The van der Waals surface area contributed by atoms with Crippen molar-refractivity contribution in [3.63, 3.8) is 0 Å². The smallest absolute Gasteiger partial charge is 0.251 e. The predicted molar refractivity (Wildman–Crippen MR) is 98.8 cm³/mol. The molecule has 0 atom stereocenters. The number of hydrogen-bond donors (Lipinski definition) is 1. The lowest BCUT2D eigenvalue weighted by Crippen LogP contribution is -2.45. The van der Waals surface area contributed by atoms with Crippen LogP contribution in [0.4, 0.5) is 0 Å². The number of rotatable bonds is 5. The first-order chi connectivity index (χ1) is 13.0. The van der Waals surface area contributed by atoms with Crippen LogP contribution in [0.1, 0.15) is 29.6 Å². The molecule has 0 saturated carbocycles. The molecule has 27 heavy (non-hydrogen) atoms. The van der Waals surface area contributed by atoms with E-state index < -0.39 is 15.9 Å². The highest BCUT2D eigenvalue weighted by atomic mass is 32.2. The molecule has 0 aliphatic carbocycles. The van der Waals surface area contributed by atoms with Gasteiger partial charge in [-0.3, -0.25) is 9.59 Å². The van der Waals surface area contributed by atoms with Crippen molar-refractivity contribution in [1.82, 2.24) is 14.5 Å². The Morgan fingerprint density at radius 2 is 1.59 bits per heavy atom. The van der Waals surface area contributed by atoms with Crippen molar-refractivity contribution < 1.29 is 22.7 Å². The van der Waals surface area contributed by atoms with Crippen molar-refractivity contribution in [2.24, 2.45) is 0 Å². The van der Waals surface area contributed by atoms with E-state index in [0.717, 1.165) is 19.3 Å². The molecule has 2 aliphatic rings. The molecule has 0 bridgehead atoms. The minimum Gasteiger partial charge on any atom is -0.378 e. The van der Waals surface area contributed by atoms with E-state index >= 15 is 0 Å². The normalized spacial score (nSPS) is 18.9. The van der Waals surface area contributed by atoms with E-state index in [2.05, 4.69) is 5.32 Å². The molecule has 0 radical (unpaired) electrons. The highest BCUT2D eigenvalue weighted by Crippen LogP contribution is 2.20. The Bertz CT molecular complexity index is 767. The van der Waals surface area contributed by atoms with Gasteiger partial charge in [-0.15, -0.1) is 0 Å². The molecule has 2 amide bonds. The number of sulfonamides is 1. The third kappa shape index (κ3) is 4.85. The molecule has 9 heteroatoms. The van der Waals surface area contributed by atoms with Crippen LogP contribution >= 0.6 is 0 Å². The van der Waals surface area contributed by atoms with Crippen LogP contribution in [-0.4, -0.2) is 75.4 Å². The Balaban J connectivity index is 1.57. The number of carbonyl (C=O) groups excluding carboxylic acids is 2. The lowest BCUT2D eigenvalue weighted by molar-refractivity contribution is -0.134. The molecule has 0 aromatic heterocycles. The Labute approximate surface area is 159 Å². The van der Waals surface area contributed by atoms with Gasteiger partial charge in [-0.2, -0.15) is 4.31 Å². The number of piperidine rings is 1. The first-order valence-electron chi connectivity index (χ1n) is 9.22. The summed E-state index contributed by atoms with van der Waals surface area (Å²) in [4.78, 5) is 26.1. The van der Waals surface area contributed by atoms with Crippen LogP contribution in [-0.2, 0) is 19.6 Å². The highest BCUT2D eigenvalue weighted by molar-refractivity contribution is 7.89. The van der Waals surface area contributed by atoms with Crippen molar-refractivity contribution in [2.45, 2.75) is 24.2 Å². The van der Waals surface area contributed by atoms with E-state index in [0.29, 0.717) is 45.0 Å². The molecule has 0 unspecified atom stereocenters. The minimum absolute atomic E-state index is 0.0906. The minimum atomic E-state index is -3.52. The molecule has 1 aromatic carbocycles. The maximum absolute atomic E-state index is 12.6. The van der Waals surface area contributed by atoms with Gasteiger partial charge in [0.25, 0.3) is 5.91 Å². The fourth-order valence-electron chi connectivity index (χ4n) is 3.22. The average molecular weight is 395 g/mol. The first-order valence-corrected chi connectivity index (χ1v) is 10.7. The monoisotopic (exact) mass is 395 g/mol. The Morgan fingerprint density at radius 3 is 2.22 bits per heavy atom. The zero-order chi connectivity index (χ0) is 19.3. The number of benzene rings is 1. The van der Waals surface area contributed by atoms with E-state index in [4.69, 9.17) is 4.74 Å². The van der Waals surface area contributed by atoms with Gasteiger partial charge < -0.3 is 15.0 Å². The first kappa shape index (κ1) is 19.8. The van der Waals surface area contributed by atoms with E-state index in [-0.39, 0.29) is 17.3 Å². The number of amides is 2. The fourth-order valence-corrected chi connectivity index (χ4v) is 4.73. The van der Waals surface area contributed by atoms with Crippen molar-refractivity contribution in [3.8, 4) is 0 Å². The van der Waals surface area contributed by atoms with E-state index in [1.54, 1.807) is 4.90 Å². The summed E-state index contributed by atoms with van der Waals surface area (Å²) in [7, 11) is -3.52. The summed E-state index contributed by atoms with van der Waals surface area (Å²) in [6.45, 7) is 3.05. The molecule has 1 N–H and O–H groups in total. The zero-order valence-corrected chi connectivity index (χ0v) is 16.0. The van der Waals surface area contributed by atoms with Crippen LogP contribution in [0.15, 0.2) is 29.2 Å². The number of morpholine rings is 1. The van der Waals surface area contributed by atoms with Crippen LogP contribution in [0.5, 0.6) is 0 Å². The van der Waals surface area contributed by atoms with Gasteiger partial charge >= 0.3 is 0 Å². The average Bonchev–Trinajstić information content (AvgIpc) is 2.73. The van der Waals surface area contributed by atoms with Gasteiger partial charge in [0, 0.05) is 31.7 Å². The van der Waals surface area contributed by atoms with E-state index in [9.17, 15) is 18.0 Å². The van der Waals surface area contributed by atoms with E-state index in [1.165, 1.54) is 28.6 Å². The topological polar surface area (TPSA) is 96.0 Å². The van der Waals surface area contributed by atoms with Crippen LogP contribution in [0.2, 0.25) is 0 Å². The summed E-state index contributed by atoms with van der Waals surface area (Å²) in [6, 6.07) is 5.85. The molecule has 0 spiro atoms. The van der Waals surface area contributed by atoms with Crippen LogP contribution < -0.4 is 5.32 Å². The maximum Gasteiger partial charge on any atom is 0.251 e. The van der Waals surface area contributed by atoms with Gasteiger partial charge in [0.1, 0.15) is 0 Å². The standard InChI is InChI=1S/C18H25N3O5S/c22-17(20-10-12-26-13-11-20)14-19-18(23)15-4-6-16(7-5-15)27(24,25)21-8-2-1-3-9-21/h4-7H,1-3,8-14H2,(H,19,23). The Hall–Kier alpha value is -1.97. The second-order valence-corrected chi connectivity index (χ2v) is 8.60. The molecule has 2 fully saturated rings.